The van der Waals surface area contributed by atoms with E-state index >= 15 is 0 Å². The normalized spacial score (nSPS) is 11.5. The molecule has 2 N–H and O–H groups in total. The Balaban J connectivity index is 2.06. The molecule has 0 amide bonds. The summed E-state index contributed by atoms with van der Waals surface area (Å²) in [6.07, 6.45) is 3.11. The first-order valence-corrected chi connectivity index (χ1v) is 8.21. The molecule has 4 aromatic rings. The van der Waals surface area contributed by atoms with Crippen LogP contribution in [0.2, 0.25) is 0 Å². The molecular weight excluding hydrogens is 324 g/mol. The summed E-state index contributed by atoms with van der Waals surface area (Å²) < 4.78 is 8.17. The topological polar surface area (TPSA) is 85.3 Å². The Morgan fingerprint density at radius 2 is 2.17 bits per heavy atom. The van der Waals surface area contributed by atoms with Crippen molar-refractivity contribution in [2.75, 3.05) is 12.8 Å². The van der Waals surface area contributed by atoms with Crippen LogP contribution in [0.25, 0.3) is 26.0 Å². The van der Waals surface area contributed by atoms with Gasteiger partial charge in [0, 0.05) is 22.2 Å². The van der Waals surface area contributed by atoms with Crippen LogP contribution in [-0.2, 0) is 11.7 Å². The maximum atomic E-state index is 11.7. The van der Waals surface area contributed by atoms with Gasteiger partial charge in [0.1, 0.15) is 24.2 Å². The third-order valence-electron chi connectivity index (χ3n) is 4.03. The van der Waals surface area contributed by atoms with Gasteiger partial charge < -0.3 is 10.5 Å². The third-order valence-corrected chi connectivity index (χ3v) is 5.21. The molecule has 0 saturated carbocycles. The zero-order chi connectivity index (χ0) is 16.8. The lowest BCUT2D eigenvalue weighted by Gasteiger charge is -2.02. The van der Waals surface area contributed by atoms with E-state index < -0.39 is 0 Å². The van der Waals surface area contributed by atoms with Gasteiger partial charge in [-0.15, -0.1) is 11.3 Å². The van der Waals surface area contributed by atoms with E-state index in [4.69, 9.17) is 10.5 Å². The number of methoxy groups -OCH3 is 1. The van der Waals surface area contributed by atoms with Crippen LogP contribution in [0.1, 0.15) is 11.1 Å². The molecule has 0 atom stereocenters. The molecular formula is C17H15N4O2S. The number of hydrogen-bond acceptors (Lipinski definition) is 5. The lowest BCUT2D eigenvalue weighted by atomic mass is 10.1. The standard InChI is InChI=1S/C17H15N4O2S/c1-9-3-10-5-13(24-16(10)12(4-9)23-2)14-11(7-22)6-21-15(14)17(18)19-8-20-21/h3-6,8H,7H2,1-2H3,(H2,18,19,20). The number of fused-ring (bicyclic) bond motifs is 2. The molecule has 121 valence electrons. The molecule has 0 aliphatic carbocycles. The lowest BCUT2D eigenvalue weighted by molar-refractivity contribution is 0.178. The highest BCUT2D eigenvalue weighted by molar-refractivity contribution is 7.22. The van der Waals surface area contributed by atoms with Gasteiger partial charge in [0.25, 0.3) is 0 Å². The number of anilines is 1. The Kier molecular flexibility index (Phi) is 3.40. The fraction of sp³-hybridized carbons (Fsp3) is 0.176. The van der Waals surface area contributed by atoms with Crippen molar-refractivity contribution >= 4 is 32.8 Å². The van der Waals surface area contributed by atoms with E-state index in [2.05, 4.69) is 22.2 Å². The van der Waals surface area contributed by atoms with Crippen molar-refractivity contribution in [3.05, 3.63) is 41.9 Å². The molecule has 0 fully saturated rings. The summed E-state index contributed by atoms with van der Waals surface area (Å²) in [5.74, 6) is 1.19. The minimum Gasteiger partial charge on any atom is -0.495 e. The first kappa shape index (κ1) is 14.9. The van der Waals surface area contributed by atoms with Crippen LogP contribution in [-0.4, -0.2) is 21.7 Å². The van der Waals surface area contributed by atoms with Crippen LogP contribution in [0.3, 0.4) is 0 Å². The second kappa shape index (κ2) is 5.47. The van der Waals surface area contributed by atoms with Gasteiger partial charge in [0.2, 0.25) is 0 Å². The molecule has 1 aromatic carbocycles. The molecule has 0 unspecified atom stereocenters. The molecule has 3 aromatic heterocycles. The molecule has 6 nitrogen and oxygen atoms in total. The second-order valence-corrected chi connectivity index (χ2v) is 6.66. The van der Waals surface area contributed by atoms with E-state index in [1.807, 2.05) is 13.0 Å². The summed E-state index contributed by atoms with van der Waals surface area (Å²) >= 11 is 1.58. The number of nitrogens with two attached hydrogens (primary N) is 1. The number of ether oxygens (including phenoxy) is 1. The highest BCUT2D eigenvalue weighted by atomic mass is 32.1. The summed E-state index contributed by atoms with van der Waals surface area (Å²) in [6, 6.07) is 6.18. The predicted octanol–water partition coefficient (Wildman–Crippen LogP) is 3.44. The molecule has 4 rings (SSSR count). The summed E-state index contributed by atoms with van der Waals surface area (Å²) in [6.45, 7) is 1.69. The number of benzene rings is 1. The van der Waals surface area contributed by atoms with Crippen LogP contribution in [0.5, 0.6) is 5.75 Å². The van der Waals surface area contributed by atoms with E-state index in [-0.39, 0.29) is 6.61 Å². The van der Waals surface area contributed by atoms with Crippen LogP contribution < -0.4 is 10.5 Å². The Hall–Kier alpha value is -2.64. The van der Waals surface area contributed by atoms with Crippen molar-refractivity contribution in [3.8, 4) is 16.2 Å². The van der Waals surface area contributed by atoms with Crippen molar-refractivity contribution < 1.29 is 9.84 Å². The maximum Gasteiger partial charge on any atom is 0.152 e. The minimum absolute atomic E-state index is 0.345. The number of nitrogen functional groups attached to an aromatic ring is 1. The number of aryl methyl sites for hydroxylation is 1. The summed E-state index contributed by atoms with van der Waals surface area (Å²) in [4.78, 5) is 5.03. The molecule has 0 saturated heterocycles. The molecule has 24 heavy (non-hydrogen) atoms. The fourth-order valence-corrected chi connectivity index (χ4v) is 4.22. The molecule has 0 spiro atoms. The minimum atomic E-state index is -0.345. The largest absolute Gasteiger partial charge is 0.495 e. The van der Waals surface area contributed by atoms with E-state index in [0.717, 1.165) is 31.8 Å². The highest BCUT2D eigenvalue weighted by Crippen LogP contribution is 2.43. The van der Waals surface area contributed by atoms with E-state index in [1.165, 1.54) is 6.33 Å². The monoisotopic (exact) mass is 339 g/mol. The van der Waals surface area contributed by atoms with Gasteiger partial charge in [0.05, 0.1) is 11.8 Å². The average molecular weight is 339 g/mol. The molecule has 0 aliphatic rings. The predicted molar refractivity (Wildman–Crippen MR) is 93.9 cm³/mol. The maximum absolute atomic E-state index is 11.7. The first-order chi connectivity index (χ1) is 11.6. The zero-order valence-corrected chi connectivity index (χ0v) is 14.1. The van der Waals surface area contributed by atoms with Crippen LogP contribution >= 0.6 is 11.3 Å². The number of aromatic nitrogens is 3. The van der Waals surface area contributed by atoms with Gasteiger partial charge in [-0.3, -0.25) is 0 Å². The van der Waals surface area contributed by atoms with Crippen LogP contribution in [0.4, 0.5) is 5.82 Å². The molecule has 1 radical (unpaired) electrons. The van der Waals surface area contributed by atoms with E-state index in [1.54, 1.807) is 29.2 Å². The van der Waals surface area contributed by atoms with Gasteiger partial charge in [-0.25, -0.2) is 14.6 Å². The second-order valence-electron chi connectivity index (χ2n) is 5.61. The van der Waals surface area contributed by atoms with Crippen molar-refractivity contribution in [2.24, 2.45) is 0 Å². The zero-order valence-electron chi connectivity index (χ0n) is 13.2. The highest BCUT2D eigenvalue weighted by Gasteiger charge is 2.19. The summed E-state index contributed by atoms with van der Waals surface area (Å²) in [5.41, 5.74) is 9.30. The van der Waals surface area contributed by atoms with Crippen molar-refractivity contribution in [1.82, 2.24) is 14.6 Å². The van der Waals surface area contributed by atoms with Gasteiger partial charge in [-0.1, -0.05) is 6.07 Å². The third kappa shape index (κ3) is 2.13. The summed E-state index contributed by atoms with van der Waals surface area (Å²) in [7, 11) is 1.66. The van der Waals surface area contributed by atoms with Gasteiger partial charge >= 0.3 is 0 Å². The molecule has 0 aliphatic heterocycles. The Morgan fingerprint density at radius 3 is 2.92 bits per heavy atom. The Morgan fingerprint density at radius 1 is 1.33 bits per heavy atom. The fourth-order valence-electron chi connectivity index (χ4n) is 3.01. The molecule has 7 heteroatoms. The Labute approximate surface area is 142 Å². The smallest absolute Gasteiger partial charge is 0.152 e. The van der Waals surface area contributed by atoms with Crippen LogP contribution in [0, 0.1) is 6.92 Å². The average Bonchev–Trinajstić information content (AvgIpc) is 3.15. The van der Waals surface area contributed by atoms with E-state index in [0.29, 0.717) is 16.9 Å². The Bertz CT molecular complexity index is 1070. The number of rotatable bonds is 3. The van der Waals surface area contributed by atoms with Gasteiger partial charge in [-0.2, -0.15) is 5.10 Å². The quantitative estimate of drug-likeness (QED) is 0.619. The summed E-state index contributed by atoms with van der Waals surface area (Å²) in [5, 5.41) is 16.9. The van der Waals surface area contributed by atoms with Crippen molar-refractivity contribution in [1.29, 1.82) is 0 Å². The number of thiophene rings is 1. The lowest BCUT2D eigenvalue weighted by Crippen LogP contribution is -1.98. The van der Waals surface area contributed by atoms with Crippen molar-refractivity contribution in [2.45, 2.75) is 13.5 Å². The molecule has 0 bridgehead atoms. The van der Waals surface area contributed by atoms with Crippen molar-refractivity contribution in [3.63, 3.8) is 0 Å². The number of nitrogens with zero attached hydrogens (tertiary/aromatic N) is 3. The van der Waals surface area contributed by atoms with Gasteiger partial charge in [0.15, 0.2) is 5.82 Å². The SMILES string of the molecule is COc1cc(C)cc2cc(-c3c(C[O])cn4ncnc(N)c34)sc12. The first-order valence-electron chi connectivity index (χ1n) is 7.39. The number of hydrogen-bond donors (Lipinski definition) is 1. The van der Waals surface area contributed by atoms with Gasteiger partial charge in [-0.05, 0) is 30.0 Å². The molecule has 3 heterocycles. The van der Waals surface area contributed by atoms with Crippen LogP contribution in [0.15, 0.2) is 30.7 Å². The van der Waals surface area contributed by atoms with E-state index in [9.17, 15) is 5.11 Å².